The van der Waals surface area contributed by atoms with Crippen LogP contribution in [0.2, 0.25) is 0 Å². The number of hydrogen-bond acceptors (Lipinski definition) is 5. The quantitative estimate of drug-likeness (QED) is 0.654. The summed E-state index contributed by atoms with van der Waals surface area (Å²) < 4.78 is 1.06. The molecule has 0 aliphatic heterocycles. The zero-order valence-electron chi connectivity index (χ0n) is 10.7. The summed E-state index contributed by atoms with van der Waals surface area (Å²) in [6.07, 6.45) is 1.44. The molecule has 0 atom stereocenters. The Bertz CT molecular complexity index is 484. The Morgan fingerprint density at radius 3 is 2.74 bits per heavy atom. The van der Waals surface area contributed by atoms with Gasteiger partial charge in [-0.05, 0) is 0 Å². The topological polar surface area (TPSA) is 117 Å². The van der Waals surface area contributed by atoms with Gasteiger partial charge in [-0.25, -0.2) is 4.68 Å². The molecule has 2 N–H and O–H groups in total. The zero-order valence-corrected chi connectivity index (χ0v) is 10.7. The van der Waals surface area contributed by atoms with Gasteiger partial charge < -0.3 is 15.3 Å². The van der Waals surface area contributed by atoms with Crippen LogP contribution in [-0.2, 0) is 16.1 Å². The SMILES string of the molecule is CNC(=O)CCN(C)C(=O)c1cn(CC(=O)O)nn1. The van der Waals surface area contributed by atoms with E-state index in [9.17, 15) is 14.4 Å². The average Bonchev–Trinajstić information content (AvgIpc) is 2.81. The molecule has 1 heterocycles. The number of aromatic nitrogens is 3. The number of nitrogens with one attached hydrogen (secondary N) is 1. The molecule has 0 unspecified atom stereocenters. The molecule has 0 saturated heterocycles. The molecule has 0 radical (unpaired) electrons. The molecule has 104 valence electrons. The third-order valence-electron chi connectivity index (χ3n) is 2.35. The maximum absolute atomic E-state index is 11.9. The van der Waals surface area contributed by atoms with E-state index in [0.717, 1.165) is 4.68 Å². The van der Waals surface area contributed by atoms with Crippen molar-refractivity contribution in [2.24, 2.45) is 0 Å². The van der Waals surface area contributed by atoms with Gasteiger partial charge in [-0.1, -0.05) is 5.21 Å². The lowest BCUT2D eigenvalue weighted by Gasteiger charge is -2.14. The highest BCUT2D eigenvalue weighted by atomic mass is 16.4. The van der Waals surface area contributed by atoms with Crippen LogP contribution in [0.3, 0.4) is 0 Å². The number of nitrogens with zero attached hydrogens (tertiary/aromatic N) is 4. The van der Waals surface area contributed by atoms with Crippen molar-refractivity contribution in [3.8, 4) is 0 Å². The van der Waals surface area contributed by atoms with Crippen LogP contribution in [0.5, 0.6) is 0 Å². The van der Waals surface area contributed by atoms with Crippen molar-refractivity contribution in [1.29, 1.82) is 0 Å². The van der Waals surface area contributed by atoms with Crippen molar-refractivity contribution in [3.05, 3.63) is 11.9 Å². The van der Waals surface area contributed by atoms with Gasteiger partial charge in [-0.3, -0.25) is 14.4 Å². The van der Waals surface area contributed by atoms with Gasteiger partial charge in [0.25, 0.3) is 5.91 Å². The summed E-state index contributed by atoms with van der Waals surface area (Å²) in [5.41, 5.74) is 0.0423. The first kappa shape index (κ1) is 14.6. The van der Waals surface area contributed by atoms with Crippen LogP contribution in [0.4, 0.5) is 0 Å². The number of carboxylic acid groups (broad SMARTS) is 1. The molecule has 9 nitrogen and oxygen atoms in total. The van der Waals surface area contributed by atoms with Crippen LogP contribution in [0.15, 0.2) is 6.20 Å². The van der Waals surface area contributed by atoms with Gasteiger partial charge in [0.15, 0.2) is 5.69 Å². The van der Waals surface area contributed by atoms with Gasteiger partial charge in [-0.2, -0.15) is 0 Å². The van der Waals surface area contributed by atoms with Gasteiger partial charge in [0.1, 0.15) is 6.54 Å². The minimum atomic E-state index is -1.07. The summed E-state index contributed by atoms with van der Waals surface area (Å²) in [6, 6.07) is 0. The van der Waals surface area contributed by atoms with Crippen molar-refractivity contribution in [1.82, 2.24) is 25.2 Å². The number of carbonyl (C=O) groups excluding carboxylic acids is 2. The molecule has 0 aliphatic carbocycles. The van der Waals surface area contributed by atoms with E-state index in [1.54, 1.807) is 0 Å². The zero-order chi connectivity index (χ0) is 14.4. The van der Waals surface area contributed by atoms with Gasteiger partial charge in [0.2, 0.25) is 5.91 Å². The number of rotatable bonds is 6. The van der Waals surface area contributed by atoms with Crippen LogP contribution in [-0.4, -0.2) is 63.4 Å². The highest BCUT2D eigenvalue weighted by Gasteiger charge is 2.16. The molecule has 0 spiro atoms. The highest BCUT2D eigenvalue weighted by Crippen LogP contribution is 2.00. The fourth-order valence-corrected chi connectivity index (χ4v) is 1.30. The van der Waals surface area contributed by atoms with Crippen LogP contribution in [0.1, 0.15) is 16.9 Å². The van der Waals surface area contributed by atoms with E-state index in [1.807, 2.05) is 0 Å². The fraction of sp³-hybridized carbons (Fsp3) is 0.500. The summed E-state index contributed by atoms with van der Waals surface area (Å²) in [6.45, 7) is -0.119. The van der Waals surface area contributed by atoms with Crippen molar-refractivity contribution >= 4 is 17.8 Å². The first-order valence-corrected chi connectivity index (χ1v) is 5.52. The predicted octanol–water partition coefficient (Wildman–Crippen LogP) is -1.43. The van der Waals surface area contributed by atoms with Crippen LogP contribution in [0, 0.1) is 0 Å². The second-order valence-corrected chi connectivity index (χ2v) is 3.84. The molecule has 9 heteroatoms. The standard InChI is InChI=1S/C10H15N5O4/c1-11-8(16)3-4-14(2)10(19)7-5-15(13-12-7)6-9(17)18/h5H,3-4,6H2,1-2H3,(H,11,16)(H,17,18). The number of carboxylic acids is 1. The van der Waals surface area contributed by atoms with Crippen LogP contribution < -0.4 is 5.32 Å². The van der Waals surface area contributed by atoms with Crippen LogP contribution >= 0.6 is 0 Å². The molecule has 1 aromatic heterocycles. The maximum atomic E-state index is 11.9. The first-order valence-electron chi connectivity index (χ1n) is 5.52. The lowest BCUT2D eigenvalue weighted by molar-refractivity contribution is -0.138. The Morgan fingerprint density at radius 1 is 1.47 bits per heavy atom. The molecule has 2 amide bonds. The van der Waals surface area contributed by atoms with E-state index in [-0.39, 0.29) is 31.1 Å². The Morgan fingerprint density at radius 2 is 2.16 bits per heavy atom. The van der Waals surface area contributed by atoms with E-state index >= 15 is 0 Å². The summed E-state index contributed by atoms with van der Waals surface area (Å²) in [4.78, 5) is 34.7. The van der Waals surface area contributed by atoms with Crippen molar-refractivity contribution < 1.29 is 19.5 Å². The third kappa shape index (κ3) is 4.37. The first-order chi connectivity index (χ1) is 8.93. The smallest absolute Gasteiger partial charge is 0.325 e. The molecule has 0 fully saturated rings. The fourth-order valence-electron chi connectivity index (χ4n) is 1.30. The van der Waals surface area contributed by atoms with E-state index in [4.69, 9.17) is 5.11 Å². The summed E-state index contributed by atoms with van der Waals surface area (Å²) in [7, 11) is 3.04. The maximum Gasteiger partial charge on any atom is 0.325 e. The number of carbonyl (C=O) groups is 3. The molecule has 19 heavy (non-hydrogen) atoms. The molecule has 0 bridgehead atoms. The highest BCUT2D eigenvalue weighted by molar-refractivity contribution is 5.92. The number of hydrogen-bond donors (Lipinski definition) is 2. The number of amides is 2. The molecule has 0 aromatic carbocycles. The Labute approximate surface area is 109 Å². The third-order valence-corrected chi connectivity index (χ3v) is 2.35. The molecule has 1 rings (SSSR count). The summed E-state index contributed by atoms with van der Waals surface area (Å²) in [5.74, 6) is -1.66. The van der Waals surface area contributed by atoms with Crippen molar-refractivity contribution in [2.75, 3.05) is 20.6 Å². The number of aliphatic carboxylic acids is 1. The largest absolute Gasteiger partial charge is 0.480 e. The Balaban J connectivity index is 2.59. The molecule has 1 aromatic rings. The summed E-state index contributed by atoms with van der Waals surface area (Å²) >= 11 is 0. The van der Waals surface area contributed by atoms with Crippen molar-refractivity contribution in [2.45, 2.75) is 13.0 Å². The minimum absolute atomic E-state index is 0.0423. The van der Waals surface area contributed by atoms with Crippen LogP contribution in [0.25, 0.3) is 0 Å². The van der Waals surface area contributed by atoms with E-state index < -0.39 is 11.9 Å². The Hall–Kier alpha value is -2.45. The average molecular weight is 269 g/mol. The van der Waals surface area contributed by atoms with Gasteiger partial charge >= 0.3 is 5.97 Å². The van der Waals surface area contributed by atoms with E-state index in [2.05, 4.69) is 15.6 Å². The van der Waals surface area contributed by atoms with Crippen molar-refractivity contribution in [3.63, 3.8) is 0 Å². The van der Waals surface area contributed by atoms with E-state index in [0.29, 0.717) is 0 Å². The van der Waals surface area contributed by atoms with Gasteiger partial charge in [0.05, 0.1) is 6.20 Å². The minimum Gasteiger partial charge on any atom is -0.480 e. The predicted molar refractivity (Wildman–Crippen MR) is 63.3 cm³/mol. The normalized spacial score (nSPS) is 10.0. The van der Waals surface area contributed by atoms with Gasteiger partial charge in [-0.15, -0.1) is 5.10 Å². The molecule has 0 aliphatic rings. The second-order valence-electron chi connectivity index (χ2n) is 3.84. The summed E-state index contributed by atoms with van der Waals surface area (Å²) in [5, 5.41) is 18.1. The van der Waals surface area contributed by atoms with E-state index in [1.165, 1.54) is 25.2 Å². The molecule has 0 saturated carbocycles. The molecular formula is C10H15N5O4. The lowest BCUT2D eigenvalue weighted by atomic mass is 10.3. The lowest BCUT2D eigenvalue weighted by Crippen LogP contribution is -2.31. The molecular weight excluding hydrogens is 254 g/mol. The van der Waals surface area contributed by atoms with Gasteiger partial charge in [0, 0.05) is 27.1 Å². The Kier molecular flexibility index (Phi) is 4.98. The second kappa shape index (κ2) is 6.47. The monoisotopic (exact) mass is 269 g/mol.